The molecule has 1 nitrogen and oxygen atoms in total. The van der Waals surface area contributed by atoms with E-state index in [0.29, 0.717) is 0 Å². The first kappa shape index (κ1) is 9.71. The molecule has 0 unspecified atom stereocenters. The van der Waals surface area contributed by atoms with Crippen LogP contribution in [0.3, 0.4) is 0 Å². The molecule has 0 amide bonds. The number of fused-ring (bicyclic) bond motifs is 1. The second-order valence-electron chi connectivity index (χ2n) is 4.77. The van der Waals surface area contributed by atoms with Gasteiger partial charge in [-0.15, -0.1) is 0 Å². The molecule has 0 atom stereocenters. The molecule has 0 saturated heterocycles. The van der Waals surface area contributed by atoms with Gasteiger partial charge in [0.2, 0.25) is 0 Å². The third kappa shape index (κ3) is 1.47. The Morgan fingerprint density at radius 2 is 1.56 bits per heavy atom. The lowest BCUT2D eigenvalue weighted by Crippen LogP contribution is -1.96. The number of hydrogen-bond acceptors (Lipinski definition) is 1. The van der Waals surface area contributed by atoms with Crippen LogP contribution < -0.4 is 5.73 Å². The van der Waals surface area contributed by atoms with Crippen molar-refractivity contribution < 1.29 is 0 Å². The monoisotopic (exact) mass is 211 g/mol. The lowest BCUT2D eigenvalue weighted by molar-refractivity contribution is 0.729. The molecule has 16 heavy (non-hydrogen) atoms. The Bertz CT molecular complexity index is 510. The van der Waals surface area contributed by atoms with E-state index < -0.39 is 0 Å². The molecule has 0 heterocycles. The Balaban J connectivity index is 2.21. The van der Waals surface area contributed by atoms with Crippen LogP contribution in [0.1, 0.15) is 37.2 Å². The van der Waals surface area contributed by atoms with Crippen molar-refractivity contribution in [1.82, 2.24) is 0 Å². The van der Waals surface area contributed by atoms with E-state index in [2.05, 4.69) is 36.4 Å². The molecule has 0 aromatic heterocycles. The van der Waals surface area contributed by atoms with Crippen LogP contribution in [0.15, 0.2) is 36.4 Å². The van der Waals surface area contributed by atoms with Crippen LogP contribution >= 0.6 is 0 Å². The van der Waals surface area contributed by atoms with Crippen LogP contribution in [-0.4, -0.2) is 0 Å². The van der Waals surface area contributed by atoms with Gasteiger partial charge < -0.3 is 5.73 Å². The zero-order valence-corrected chi connectivity index (χ0v) is 9.45. The fourth-order valence-electron chi connectivity index (χ4n) is 2.94. The van der Waals surface area contributed by atoms with Gasteiger partial charge in [-0.05, 0) is 35.8 Å². The minimum Gasteiger partial charge on any atom is -0.398 e. The van der Waals surface area contributed by atoms with E-state index in [1.54, 1.807) is 0 Å². The summed E-state index contributed by atoms with van der Waals surface area (Å²) in [4.78, 5) is 0. The fraction of sp³-hybridized carbons (Fsp3) is 0.333. The standard InChI is InChI=1S/C15H17N/c16-15-10-9-12(11-5-1-2-6-11)13-7-3-4-8-14(13)15/h3-4,7-11H,1-2,5-6,16H2. The molecule has 1 saturated carbocycles. The topological polar surface area (TPSA) is 26.0 Å². The number of nitrogen functional groups attached to an aromatic ring is 1. The molecule has 1 aliphatic carbocycles. The minimum absolute atomic E-state index is 0.755. The highest BCUT2D eigenvalue weighted by atomic mass is 14.5. The van der Waals surface area contributed by atoms with Gasteiger partial charge in [-0.1, -0.05) is 43.2 Å². The van der Waals surface area contributed by atoms with Crippen molar-refractivity contribution in [2.24, 2.45) is 0 Å². The van der Waals surface area contributed by atoms with Crippen molar-refractivity contribution in [2.45, 2.75) is 31.6 Å². The maximum atomic E-state index is 6.02. The summed E-state index contributed by atoms with van der Waals surface area (Å²) >= 11 is 0. The molecule has 1 aliphatic rings. The third-order valence-corrected chi connectivity index (χ3v) is 3.79. The molecule has 2 aromatic carbocycles. The van der Waals surface area contributed by atoms with Crippen LogP contribution in [-0.2, 0) is 0 Å². The molecule has 2 aromatic rings. The predicted molar refractivity (Wildman–Crippen MR) is 69.6 cm³/mol. The fourth-order valence-corrected chi connectivity index (χ4v) is 2.94. The van der Waals surface area contributed by atoms with Crippen LogP contribution in [0.4, 0.5) is 5.69 Å². The Kier molecular flexibility index (Phi) is 2.32. The van der Waals surface area contributed by atoms with Gasteiger partial charge in [0.1, 0.15) is 0 Å². The van der Waals surface area contributed by atoms with E-state index in [1.165, 1.54) is 42.0 Å². The van der Waals surface area contributed by atoms with Crippen molar-refractivity contribution in [3.63, 3.8) is 0 Å². The van der Waals surface area contributed by atoms with Gasteiger partial charge in [0, 0.05) is 11.1 Å². The summed E-state index contributed by atoms with van der Waals surface area (Å²) in [5.74, 6) is 0.755. The molecule has 0 spiro atoms. The number of anilines is 1. The second-order valence-corrected chi connectivity index (χ2v) is 4.77. The largest absolute Gasteiger partial charge is 0.398 e. The zero-order valence-electron chi connectivity index (χ0n) is 9.45. The molecule has 0 aliphatic heterocycles. The number of rotatable bonds is 1. The van der Waals surface area contributed by atoms with Crippen LogP contribution in [0.2, 0.25) is 0 Å². The van der Waals surface area contributed by atoms with Crippen molar-refractivity contribution in [1.29, 1.82) is 0 Å². The summed E-state index contributed by atoms with van der Waals surface area (Å²) in [5.41, 5.74) is 8.43. The molecular formula is C15H17N. The highest BCUT2D eigenvalue weighted by Crippen LogP contribution is 2.38. The second kappa shape index (κ2) is 3.82. The summed E-state index contributed by atoms with van der Waals surface area (Å²) in [6.45, 7) is 0. The summed E-state index contributed by atoms with van der Waals surface area (Å²) < 4.78 is 0. The molecule has 1 heteroatoms. The van der Waals surface area contributed by atoms with Gasteiger partial charge in [0.15, 0.2) is 0 Å². The van der Waals surface area contributed by atoms with Crippen LogP contribution in [0.25, 0.3) is 10.8 Å². The molecule has 3 rings (SSSR count). The van der Waals surface area contributed by atoms with Crippen LogP contribution in [0.5, 0.6) is 0 Å². The normalized spacial score (nSPS) is 17.0. The number of benzene rings is 2. The maximum Gasteiger partial charge on any atom is 0.0393 e. The van der Waals surface area contributed by atoms with Gasteiger partial charge in [-0.3, -0.25) is 0 Å². The van der Waals surface area contributed by atoms with Gasteiger partial charge in [-0.2, -0.15) is 0 Å². The van der Waals surface area contributed by atoms with Crippen molar-refractivity contribution in [3.05, 3.63) is 42.0 Å². The summed E-state index contributed by atoms with van der Waals surface area (Å²) in [7, 11) is 0. The zero-order chi connectivity index (χ0) is 11.0. The van der Waals surface area contributed by atoms with E-state index in [4.69, 9.17) is 5.73 Å². The number of nitrogens with two attached hydrogens (primary N) is 1. The Labute approximate surface area is 96.3 Å². The first-order valence-electron chi connectivity index (χ1n) is 6.13. The SMILES string of the molecule is Nc1ccc(C2CCCC2)c2ccccc12. The summed E-state index contributed by atoms with van der Waals surface area (Å²) in [6, 6.07) is 12.8. The minimum atomic E-state index is 0.755. The van der Waals surface area contributed by atoms with Gasteiger partial charge in [0.25, 0.3) is 0 Å². The average molecular weight is 211 g/mol. The molecule has 0 radical (unpaired) electrons. The quantitative estimate of drug-likeness (QED) is 0.707. The lowest BCUT2D eigenvalue weighted by atomic mass is 9.92. The van der Waals surface area contributed by atoms with E-state index in [9.17, 15) is 0 Å². The summed E-state index contributed by atoms with van der Waals surface area (Å²) in [5, 5.41) is 2.57. The Morgan fingerprint density at radius 1 is 0.875 bits per heavy atom. The average Bonchev–Trinajstić information content (AvgIpc) is 2.83. The van der Waals surface area contributed by atoms with E-state index in [0.717, 1.165) is 11.6 Å². The summed E-state index contributed by atoms with van der Waals surface area (Å²) in [6.07, 6.45) is 5.44. The number of hydrogen-bond donors (Lipinski definition) is 1. The van der Waals surface area contributed by atoms with Gasteiger partial charge >= 0.3 is 0 Å². The Hall–Kier alpha value is -1.50. The lowest BCUT2D eigenvalue weighted by Gasteiger charge is -2.14. The van der Waals surface area contributed by atoms with Gasteiger partial charge in [0.05, 0.1) is 0 Å². The van der Waals surface area contributed by atoms with Gasteiger partial charge in [-0.25, -0.2) is 0 Å². The molecule has 0 bridgehead atoms. The highest BCUT2D eigenvalue weighted by molar-refractivity contribution is 5.95. The predicted octanol–water partition coefficient (Wildman–Crippen LogP) is 4.08. The van der Waals surface area contributed by atoms with Crippen molar-refractivity contribution in [3.8, 4) is 0 Å². The van der Waals surface area contributed by atoms with E-state index >= 15 is 0 Å². The van der Waals surface area contributed by atoms with E-state index in [-0.39, 0.29) is 0 Å². The third-order valence-electron chi connectivity index (χ3n) is 3.79. The molecule has 1 fully saturated rings. The first-order chi connectivity index (χ1) is 7.86. The molecule has 2 N–H and O–H groups in total. The smallest absolute Gasteiger partial charge is 0.0393 e. The van der Waals surface area contributed by atoms with E-state index in [1.807, 2.05) is 0 Å². The Morgan fingerprint density at radius 3 is 2.31 bits per heavy atom. The maximum absolute atomic E-state index is 6.02. The molecular weight excluding hydrogens is 194 g/mol. The first-order valence-corrected chi connectivity index (χ1v) is 6.13. The highest BCUT2D eigenvalue weighted by Gasteiger charge is 2.19. The van der Waals surface area contributed by atoms with Crippen LogP contribution in [0, 0.1) is 0 Å². The van der Waals surface area contributed by atoms with Crippen molar-refractivity contribution in [2.75, 3.05) is 5.73 Å². The molecule has 82 valence electrons. The van der Waals surface area contributed by atoms with Crippen molar-refractivity contribution >= 4 is 16.5 Å².